The molecule has 0 aromatic carbocycles. The smallest absolute Gasteiger partial charge is 0.213 e. The molecular weight excluding hydrogens is 356 g/mol. The Morgan fingerprint density at radius 2 is 2.31 bits per heavy atom. The quantitative estimate of drug-likeness (QED) is 0.404. The highest BCUT2D eigenvalue weighted by Crippen LogP contribution is 2.21. The van der Waals surface area contributed by atoms with Gasteiger partial charge in [-0.25, -0.2) is 12.7 Å². The summed E-state index contributed by atoms with van der Waals surface area (Å²) < 4.78 is 32.5. The molecule has 1 unspecified atom stereocenters. The van der Waals surface area contributed by atoms with Crippen LogP contribution < -0.4 is 5.32 Å². The van der Waals surface area contributed by atoms with Crippen molar-refractivity contribution < 1.29 is 13.2 Å². The van der Waals surface area contributed by atoms with E-state index in [0.29, 0.717) is 32.7 Å². The maximum absolute atomic E-state index is 11.8. The van der Waals surface area contributed by atoms with Crippen LogP contribution in [0.15, 0.2) is 17.4 Å². The second-order valence-electron chi connectivity index (χ2n) is 6.30. The average Bonchev–Trinajstić information content (AvgIpc) is 3.08. The van der Waals surface area contributed by atoms with E-state index >= 15 is 0 Å². The summed E-state index contributed by atoms with van der Waals surface area (Å²) in [5, 5.41) is 7.52. The van der Waals surface area contributed by atoms with Gasteiger partial charge in [-0.1, -0.05) is 0 Å². The van der Waals surface area contributed by atoms with Gasteiger partial charge in [0.2, 0.25) is 10.0 Å². The van der Waals surface area contributed by atoms with Gasteiger partial charge >= 0.3 is 0 Å². The number of nitrogens with zero attached hydrogens (tertiary/aromatic N) is 5. The fraction of sp³-hybridized carbons (Fsp3) is 0.750. The number of hydrogen-bond donors (Lipinski definition) is 1. The molecule has 1 aliphatic heterocycles. The molecule has 10 heteroatoms. The Kier molecular flexibility index (Phi) is 7.42. The Morgan fingerprint density at radius 3 is 2.92 bits per heavy atom. The van der Waals surface area contributed by atoms with Crippen LogP contribution in [0.4, 0.5) is 0 Å². The number of guanidine groups is 1. The third-order valence-electron chi connectivity index (χ3n) is 4.45. The van der Waals surface area contributed by atoms with E-state index in [-0.39, 0.29) is 11.9 Å². The highest BCUT2D eigenvalue weighted by Gasteiger charge is 2.25. The first-order chi connectivity index (χ1) is 12.4. The van der Waals surface area contributed by atoms with Gasteiger partial charge in [0.1, 0.15) is 6.10 Å². The number of sulfonamides is 1. The first-order valence-corrected chi connectivity index (χ1v) is 10.5. The van der Waals surface area contributed by atoms with Crippen LogP contribution in [0.3, 0.4) is 0 Å². The van der Waals surface area contributed by atoms with E-state index in [2.05, 4.69) is 20.3 Å². The Morgan fingerprint density at radius 1 is 1.54 bits per heavy atom. The lowest BCUT2D eigenvalue weighted by Crippen LogP contribution is -2.48. The molecule has 2 heterocycles. The van der Waals surface area contributed by atoms with Gasteiger partial charge in [-0.05, 0) is 13.3 Å². The molecule has 1 aromatic rings. The average molecular weight is 387 g/mol. The minimum absolute atomic E-state index is 0.0307. The van der Waals surface area contributed by atoms with E-state index in [1.54, 1.807) is 25.7 Å². The van der Waals surface area contributed by atoms with E-state index in [0.717, 1.165) is 18.1 Å². The van der Waals surface area contributed by atoms with Gasteiger partial charge in [-0.2, -0.15) is 5.10 Å². The number of ether oxygens (including phenoxy) is 1. The molecule has 1 atom stereocenters. The number of hydrogen-bond acceptors (Lipinski definition) is 5. The third kappa shape index (κ3) is 5.42. The van der Waals surface area contributed by atoms with Crippen LogP contribution in [0.1, 0.15) is 25.0 Å². The predicted octanol–water partition coefficient (Wildman–Crippen LogP) is 0.0404. The largest absolute Gasteiger partial charge is 0.370 e. The minimum Gasteiger partial charge on any atom is -0.370 e. The maximum Gasteiger partial charge on any atom is 0.213 e. The van der Waals surface area contributed by atoms with Crippen LogP contribution in [0.5, 0.6) is 0 Å². The normalized spacial score (nSPS) is 19.2. The van der Waals surface area contributed by atoms with Crippen molar-refractivity contribution in [1.82, 2.24) is 24.3 Å². The lowest BCUT2D eigenvalue weighted by molar-refractivity contribution is -0.00802. The van der Waals surface area contributed by atoms with Crippen molar-refractivity contribution in [3.8, 4) is 0 Å². The van der Waals surface area contributed by atoms with Crippen LogP contribution in [-0.4, -0.2) is 86.0 Å². The Labute approximate surface area is 156 Å². The second kappa shape index (κ2) is 9.33. The topological polar surface area (TPSA) is 92.1 Å². The first kappa shape index (κ1) is 20.7. The predicted molar refractivity (Wildman–Crippen MR) is 102 cm³/mol. The van der Waals surface area contributed by atoms with Crippen LogP contribution in [0.2, 0.25) is 0 Å². The summed E-state index contributed by atoms with van der Waals surface area (Å²) >= 11 is 0. The first-order valence-electron chi connectivity index (χ1n) is 8.87. The zero-order valence-electron chi connectivity index (χ0n) is 16.1. The monoisotopic (exact) mass is 386 g/mol. The van der Waals surface area contributed by atoms with Crippen LogP contribution in [-0.2, 0) is 21.8 Å². The fourth-order valence-electron chi connectivity index (χ4n) is 2.84. The Balaban J connectivity index is 1.82. The molecule has 26 heavy (non-hydrogen) atoms. The van der Waals surface area contributed by atoms with Crippen LogP contribution in [0, 0.1) is 0 Å². The molecular formula is C16H30N6O3S. The van der Waals surface area contributed by atoms with Crippen molar-refractivity contribution in [2.75, 3.05) is 52.6 Å². The van der Waals surface area contributed by atoms with Crippen molar-refractivity contribution >= 4 is 16.0 Å². The molecule has 0 radical (unpaired) electrons. The van der Waals surface area contributed by atoms with Crippen LogP contribution in [0.25, 0.3) is 0 Å². The molecule has 0 aliphatic carbocycles. The molecule has 0 spiro atoms. The van der Waals surface area contributed by atoms with Crippen molar-refractivity contribution in [1.29, 1.82) is 0 Å². The lowest BCUT2D eigenvalue weighted by atomic mass is 10.1. The number of nitrogens with one attached hydrogen (secondary N) is 1. The molecule has 1 saturated heterocycles. The van der Waals surface area contributed by atoms with Gasteiger partial charge in [0.05, 0.1) is 25.1 Å². The van der Waals surface area contributed by atoms with Gasteiger partial charge in [-0.15, -0.1) is 0 Å². The van der Waals surface area contributed by atoms with Gasteiger partial charge in [-0.3, -0.25) is 9.67 Å². The van der Waals surface area contributed by atoms with Gasteiger partial charge < -0.3 is 15.0 Å². The highest BCUT2D eigenvalue weighted by atomic mass is 32.2. The summed E-state index contributed by atoms with van der Waals surface area (Å²) in [5.74, 6) is 0.936. The maximum atomic E-state index is 11.8. The molecule has 0 saturated carbocycles. The third-order valence-corrected chi connectivity index (χ3v) is 6.31. The summed E-state index contributed by atoms with van der Waals surface area (Å²) in [6, 6.07) is 0. The standard InChI is InChI=1S/C16H30N6O3S/c1-5-26(23,24)21(4)8-6-7-18-16(17-2)22-9-10-25-15(13-22)14-11-19-20(3)12-14/h11-12,15H,5-10,13H2,1-4H3,(H,17,18). The summed E-state index contributed by atoms with van der Waals surface area (Å²) in [6.07, 6.45) is 4.48. The zero-order chi connectivity index (χ0) is 19.2. The van der Waals surface area contributed by atoms with E-state index < -0.39 is 10.0 Å². The molecule has 1 N–H and O–H groups in total. The summed E-state index contributed by atoms with van der Waals surface area (Å²) in [5.41, 5.74) is 1.05. The number of aryl methyl sites for hydroxylation is 1. The summed E-state index contributed by atoms with van der Waals surface area (Å²) in [7, 11) is 2.14. The fourth-order valence-corrected chi connectivity index (χ4v) is 3.69. The second-order valence-corrected chi connectivity index (χ2v) is 8.67. The molecule has 1 fully saturated rings. The van der Waals surface area contributed by atoms with E-state index in [4.69, 9.17) is 4.74 Å². The van der Waals surface area contributed by atoms with Crippen molar-refractivity contribution in [2.24, 2.45) is 12.0 Å². The number of aromatic nitrogens is 2. The van der Waals surface area contributed by atoms with Gasteiger partial charge in [0.15, 0.2) is 5.96 Å². The number of aliphatic imine (C=N–C) groups is 1. The number of rotatable bonds is 7. The molecule has 2 rings (SSSR count). The van der Waals surface area contributed by atoms with Crippen molar-refractivity contribution in [2.45, 2.75) is 19.4 Å². The van der Waals surface area contributed by atoms with E-state index in [1.165, 1.54) is 4.31 Å². The van der Waals surface area contributed by atoms with Gasteiger partial charge in [0.25, 0.3) is 0 Å². The SMILES string of the molecule is CCS(=O)(=O)N(C)CCCNC(=NC)N1CCOC(c2cnn(C)c2)C1. The van der Waals surface area contributed by atoms with Crippen molar-refractivity contribution in [3.05, 3.63) is 18.0 Å². The zero-order valence-corrected chi connectivity index (χ0v) is 16.9. The van der Waals surface area contributed by atoms with Crippen LogP contribution >= 0.6 is 0 Å². The minimum atomic E-state index is -3.12. The molecule has 9 nitrogen and oxygen atoms in total. The number of morpholine rings is 1. The molecule has 0 amide bonds. The van der Waals surface area contributed by atoms with E-state index in [9.17, 15) is 8.42 Å². The summed E-state index contributed by atoms with van der Waals surface area (Å²) in [4.78, 5) is 6.51. The highest BCUT2D eigenvalue weighted by molar-refractivity contribution is 7.89. The van der Waals surface area contributed by atoms with E-state index in [1.807, 2.05) is 19.4 Å². The van der Waals surface area contributed by atoms with Gasteiger partial charge in [0, 0.05) is 52.5 Å². The molecule has 1 aliphatic rings. The Hall–Kier alpha value is -1.65. The van der Waals surface area contributed by atoms with Crippen molar-refractivity contribution in [3.63, 3.8) is 0 Å². The molecule has 1 aromatic heterocycles. The summed E-state index contributed by atoms with van der Waals surface area (Å²) in [6.45, 7) is 4.89. The molecule has 148 valence electrons. The molecule has 0 bridgehead atoms. The Bertz CT molecular complexity index is 703. The lowest BCUT2D eigenvalue weighted by Gasteiger charge is -2.34.